The number of guanidine groups is 1. The second-order valence-electron chi connectivity index (χ2n) is 7.71. The Bertz CT molecular complexity index is 815. The van der Waals surface area contributed by atoms with Crippen molar-refractivity contribution in [2.24, 2.45) is 10.9 Å². The summed E-state index contributed by atoms with van der Waals surface area (Å²) in [6.07, 6.45) is 2.08. The van der Waals surface area contributed by atoms with Crippen molar-refractivity contribution in [3.05, 3.63) is 71.0 Å². The van der Waals surface area contributed by atoms with Gasteiger partial charge in [0.1, 0.15) is 5.82 Å². The highest BCUT2D eigenvalue weighted by Crippen LogP contribution is 2.33. The topological polar surface area (TPSA) is 54.9 Å². The minimum atomic E-state index is -0.253. The minimum Gasteiger partial charge on any atom is -0.375 e. The van der Waals surface area contributed by atoms with Gasteiger partial charge in [0.2, 0.25) is 0 Å². The number of halogens is 2. The van der Waals surface area contributed by atoms with Crippen LogP contribution in [-0.4, -0.2) is 39.8 Å². The summed E-state index contributed by atoms with van der Waals surface area (Å²) in [7, 11) is 3.40. The van der Waals surface area contributed by atoms with Crippen molar-refractivity contribution >= 4 is 29.9 Å². The van der Waals surface area contributed by atoms with E-state index in [1.807, 2.05) is 0 Å². The summed E-state index contributed by atoms with van der Waals surface area (Å²) >= 11 is 0. The molecule has 0 bridgehead atoms. The molecule has 0 aliphatic carbocycles. The molecule has 0 saturated carbocycles. The van der Waals surface area contributed by atoms with E-state index in [0.29, 0.717) is 18.4 Å². The summed E-state index contributed by atoms with van der Waals surface area (Å²) in [5.41, 5.74) is 3.40. The number of ether oxygens (including phenoxy) is 2. The van der Waals surface area contributed by atoms with Crippen LogP contribution in [0.1, 0.15) is 41.7 Å². The van der Waals surface area contributed by atoms with Crippen molar-refractivity contribution in [3.63, 3.8) is 0 Å². The Hall–Kier alpha value is -1.71. The Morgan fingerprint density at radius 3 is 2.52 bits per heavy atom. The van der Waals surface area contributed by atoms with Crippen LogP contribution in [0.2, 0.25) is 0 Å². The lowest BCUT2D eigenvalue weighted by Gasteiger charge is -2.32. The largest absolute Gasteiger partial charge is 0.375 e. The predicted molar refractivity (Wildman–Crippen MR) is 134 cm³/mol. The van der Waals surface area contributed by atoms with Gasteiger partial charge in [0.15, 0.2) is 5.96 Å². The van der Waals surface area contributed by atoms with Gasteiger partial charge < -0.3 is 20.1 Å². The lowest BCUT2D eigenvalue weighted by atomic mass is 9.89. The first-order valence-corrected chi connectivity index (χ1v) is 10.5. The normalized spacial score (nSPS) is 19.9. The zero-order valence-electron chi connectivity index (χ0n) is 18.4. The highest BCUT2D eigenvalue weighted by atomic mass is 127. The number of hydrogen-bond donors (Lipinski definition) is 2. The Labute approximate surface area is 201 Å². The van der Waals surface area contributed by atoms with Crippen molar-refractivity contribution in [2.75, 3.05) is 33.9 Å². The van der Waals surface area contributed by atoms with Crippen molar-refractivity contribution in [1.82, 2.24) is 10.6 Å². The first-order valence-electron chi connectivity index (χ1n) is 10.5. The van der Waals surface area contributed by atoms with Gasteiger partial charge in [-0.3, -0.25) is 4.99 Å². The second kappa shape index (κ2) is 13.0. The molecule has 1 aliphatic rings. The van der Waals surface area contributed by atoms with Crippen LogP contribution in [0.15, 0.2) is 53.5 Å². The number of aryl methyl sites for hydroxylation is 1. The van der Waals surface area contributed by atoms with Crippen LogP contribution in [0.5, 0.6) is 0 Å². The molecule has 31 heavy (non-hydrogen) atoms. The summed E-state index contributed by atoms with van der Waals surface area (Å²) in [6, 6.07) is 15.0. The molecule has 2 aromatic carbocycles. The molecule has 1 saturated heterocycles. The molecule has 3 rings (SSSR count). The van der Waals surface area contributed by atoms with Crippen LogP contribution >= 0.6 is 24.0 Å². The van der Waals surface area contributed by atoms with E-state index in [-0.39, 0.29) is 42.0 Å². The second-order valence-corrected chi connectivity index (χ2v) is 7.71. The Balaban J connectivity index is 0.00000341. The maximum absolute atomic E-state index is 13.2. The van der Waals surface area contributed by atoms with E-state index in [1.54, 1.807) is 26.3 Å². The third kappa shape index (κ3) is 7.43. The zero-order chi connectivity index (χ0) is 21.3. The molecular formula is C24H33FIN3O2. The molecule has 7 heteroatoms. The van der Waals surface area contributed by atoms with Crippen LogP contribution < -0.4 is 10.6 Å². The van der Waals surface area contributed by atoms with Crippen LogP contribution in [0.25, 0.3) is 0 Å². The quantitative estimate of drug-likeness (QED) is 0.301. The first kappa shape index (κ1) is 25.5. The standard InChI is InChI=1S/C24H32FN3O2.HI/c1-17-6-8-19(9-7-17)23-20(5-4-14-30-23)15-27-24(26-2)28-16-22(29-3)18-10-12-21(25)13-11-18;/h6-13,20,22-23H,4-5,14-16H2,1-3H3,(H2,26,27,28);1H. The van der Waals surface area contributed by atoms with Gasteiger partial charge in [0.05, 0.1) is 12.2 Å². The lowest BCUT2D eigenvalue weighted by Crippen LogP contribution is -2.43. The van der Waals surface area contributed by atoms with E-state index in [0.717, 1.165) is 31.6 Å². The molecule has 1 aliphatic heterocycles. The highest BCUT2D eigenvalue weighted by Gasteiger charge is 2.27. The molecule has 5 nitrogen and oxygen atoms in total. The summed E-state index contributed by atoms with van der Waals surface area (Å²) in [5, 5.41) is 6.75. The molecule has 0 amide bonds. The summed E-state index contributed by atoms with van der Waals surface area (Å²) < 4.78 is 24.9. The van der Waals surface area contributed by atoms with E-state index >= 15 is 0 Å². The van der Waals surface area contributed by atoms with Gasteiger partial charge in [0, 0.05) is 39.8 Å². The maximum atomic E-state index is 13.2. The Kier molecular flexibility index (Phi) is 10.7. The Morgan fingerprint density at radius 2 is 1.87 bits per heavy atom. The monoisotopic (exact) mass is 541 g/mol. The molecule has 0 spiro atoms. The summed E-state index contributed by atoms with van der Waals surface area (Å²) in [4.78, 5) is 4.33. The van der Waals surface area contributed by atoms with Crippen molar-refractivity contribution in [2.45, 2.75) is 32.0 Å². The molecule has 3 atom stereocenters. The maximum Gasteiger partial charge on any atom is 0.191 e. The van der Waals surface area contributed by atoms with Gasteiger partial charge >= 0.3 is 0 Å². The van der Waals surface area contributed by atoms with Crippen molar-refractivity contribution in [3.8, 4) is 0 Å². The average molecular weight is 541 g/mol. The van der Waals surface area contributed by atoms with E-state index in [9.17, 15) is 4.39 Å². The number of methoxy groups -OCH3 is 1. The van der Waals surface area contributed by atoms with Crippen LogP contribution in [0, 0.1) is 18.7 Å². The van der Waals surface area contributed by atoms with Crippen LogP contribution in [0.4, 0.5) is 4.39 Å². The molecule has 170 valence electrons. The van der Waals surface area contributed by atoms with Gasteiger partial charge in [0.25, 0.3) is 0 Å². The number of nitrogens with zero attached hydrogens (tertiary/aromatic N) is 1. The molecule has 0 radical (unpaired) electrons. The number of rotatable bonds is 7. The zero-order valence-corrected chi connectivity index (χ0v) is 20.8. The van der Waals surface area contributed by atoms with Gasteiger partial charge in [-0.2, -0.15) is 0 Å². The van der Waals surface area contributed by atoms with E-state index in [4.69, 9.17) is 9.47 Å². The molecule has 1 fully saturated rings. The molecule has 1 heterocycles. The van der Waals surface area contributed by atoms with E-state index in [1.165, 1.54) is 23.3 Å². The molecule has 3 unspecified atom stereocenters. The fourth-order valence-corrected chi connectivity index (χ4v) is 3.83. The Morgan fingerprint density at radius 1 is 1.16 bits per heavy atom. The molecule has 2 aromatic rings. The summed E-state index contributed by atoms with van der Waals surface area (Å²) in [6.45, 7) is 4.20. The third-order valence-electron chi connectivity index (χ3n) is 5.59. The smallest absolute Gasteiger partial charge is 0.191 e. The molecule has 2 N–H and O–H groups in total. The number of benzene rings is 2. The number of hydrogen-bond acceptors (Lipinski definition) is 3. The van der Waals surface area contributed by atoms with Gasteiger partial charge in [-0.1, -0.05) is 42.0 Å². The fourth-order valence-electron chi connectivity index (χ4n) is 3.83. The SMILES string of the molecule is CN=C(NCC(OC)c1ccc(F)cc1)NCC1CCCOC1c1ccc(C)cc1.I. The predicted octanol–water partition coefficient (Wildman–Crippen LogP) is 4.77. The minimum absolute atomic E-state index is 0. The first-order chi connectivity index (χ1) is 14.6. The lowest BCUT2D eigenvalue weighted by molar-refractivity contribution is -0.0265. The van der Waals surface area contributed by atoms with Gasteiger partial charge in [-0.25, -0.2) is 4.39 Å². The fraction of sp³-hybridized carbons (Fsp3) is 0.458. The van der Waals surface area contributed by atoms with Crippen molar-refractivity contribution in [1.29, 1.82) is 0 Å². The number of nitrogens with one attached hydrogen (secondary N) is 2. The average Bonchev–Trinajstić information content (AvgIpc) is 2.78. The molecular weight excluding hydrogens is 508 g/mol. The van der Waals surface area contributed by atoms with Gasteiger partial charge in [-0.15, -0.1) is 24.0 Å². The summed E-state index contributed by atoms with van der Waals surface area (Å²) in [5.74, 6) is 0.833. The number of aliphatic imine (C=N–C) groups is 1. The van der Waals surface area contributed by atoms with E-state index in [2.05, 4.69) is 46.8 Å². The van der Waals surface area contributed by atoms with Crippen molar-refractivity contribution < 1.29 is 13.9 Å². The van der Waals surface area contributed by atoms with Crippen LogP contribution in [-0.2, 0) is 9.47 Å². The highest BCUT2D eigenvalue weighted by molar-refractivity contribution is 14.0. The van der Waals surface area contributed by atoms with Gasteiger partial charge in [-0.05, 0) is 43.0 Å². The third-order valence-corrected chi connectivity index (χ3v) is 5.59. The van der Waals surface area contributed by atoms with Crippen LogP contribution in [0.3, 0.4) is 0 Å². The van der Waals surface area contributed by atoms with E-state index < -0.39 is 0 Å². The molecule has 0 aromatic heterocycles.